The molecule has 1 aliphatic heterocycles. The number of hydrogen-bond donors (Lipinski definition) is 0. The largest absolute Gasteiger partial charge is 0.514 e. The van der Waals surface area contributed by atoms with Crippen LogP contribution >= 0.6 is 0 Å². The summed E-state index contributed by atoms with van der Waals surface area (Å²) in [5.74, 6) is -0.721. The number of aryl methyl sites for hydroxylation is 1. The van der Waals surface area contributed by atoms with Crippen LogP contribution in [0.15, 0.2) is 59.5 Å². The van der Waals surface area contributed by atoms with Gasteiger partial charge in [0.25, 0.3) is 0 Å². The van der Waals surface area contributed by atoms with Crippen LogP contribution in [0, 0.1) is 12.8 Å². The van der Waals surface area contributed by atoms with E-state index in [1.54, 1.807) is 48.5 Å². The minimum absolute atomic E-state index is 0.156. The summed E-state index contributed by atoms with van der Waals surface area (Å²) in [4.78, 5) is 12.6. The first kappa shape index (κ1) is 17.7. The molecule has 1 saturated heterocycles. The van der Waals surface area contributed by atoms with E-state index in [1.165, 1.54) is 4.22 Å². The Bertz CT molecular complexity index is 866. The van der Waals surface area contributed by atoms with Crippen molar-refractivity contribution in [1.29, 1.82) is 0 Å². The maximum atomic E-state index is 13.3. The molecule has 0 spiro atoms. The number of benzene rings is 2. The molecule has 5 nitrogen and oxygen atoms in total. The molecule has 3 rings (SSSR count). The van der Waals surface area contributed by atoms with Gasteiger partial charge in [0.05, 0.1) is 4.90 Å². The summed E-state index contributed by atoms with van der Waals surface area (Å²) in [7, 11) is -4.84. The molecule has 25 heavy (non-hydrogen) atoms. The Morgan fingerprint density at radius 3 is 2.20 bits per heavy atom. The standard InChI is InChI=1S/C18H20BNO4S/c1-13(2)17-18(21)24-19(15-7-5-4-6-8-15)20(17)25(22,23)16-11-9-14(3)10-12-16/h4-13,17H,1-3H3/t17-/m0/s1. The molecule has 7 heteroatoms. The van der Waals surface area contributed by atoms with Crippen LogP contribution in [0.2, 0.25) is 0 Å². The number of carbonyl (C=O) groups is 1. The van der Waals surface area contributed by atoms with Crippen LogP contribution in [-0.2, 0) is 19.5 Å². The summed E-state index contributed by atoms with van der Waals surface area (Å²) in [5, 5.41) is 0. The molecule has 1 aliphatic rings. The second kappa shape index (κ2) is 6.65. The van der Waals surface area contributed by atoms with Gasteiger partial charge >= 0.3 is 13.0 Å². The summed E-state index contributed by atoms with van der Waals surface area (Å²) in [6.07, 6.45) is 0. The lowest BCUT2D eigenvalue weighted by molar-refractivity contribution is -0.135. The van der Waals surface area contributed by atoms with Crippen molar-refractivity contribution in [1.82, 2.24) is 4.22 Å². The zero-order valence-electron chi connectivity index (χ0n) is 14.4. The van der Waals surface area contributed by atoms with Crippen LogP contribution in [0.5, 0.6) is 0 Å². The lowest BCUT2D eigenvalue weighted by atomic mass is 9.74. The third-order valence-electron chi connectivity index (χ3n) is 4.29. The molecule has 0 radical (unpaired) electrons. The molecule has 2 aromatic carbocycles. The Balaban J connectivity index is 2.12. The fourth-order valence-corrected chi connectivity index (χ4v) is 4.76. The summed E-state index contributed by atoms with van der Waals surface area (Å²) in [6.45, 7) is 5.52. The molecule has 0 bridgehead atoms. The van der Waals surface area contributed by atoms with Crippen LogP contribution < -0.4 is 5.46 Å². The van der Waals surface area contributed by atoms with E-state index in [-0.39, 0.29) is 10.8 Å². The summed E-state index contributed by atoms with van der Waals surface area (Å²) >= 11 is 0. The molecule has 0 aliphatic carbocycles. The fraction of sp³-hybridized carbons (Fsp3) is 0.278. The van der Waals surface area contributed by atoms with Crippen molar-refractivity contribution >= 4 is 28.5 Å². The molecule has 1 heterocycles. The third-order valence-corrected chi connectivity index (χ3v) is 6.13. The van der Waals surface area contributed by atoms with E-state index in [0.717, 1.165) is 5.56 Å². The molecular weight excluding hydrogens is 337 g/mol. The monoisotopic (exact) mass is 357 g/mol. The number of carbonyl (C=O) groups excluding carboxylic acids is 1. The van der Waals surface area contributed by atoms with Crippen LogP contribution in [0.25, 0.3) is 0 Å². The van der Waals surface area contributed by atoms with Gasteiger partial charge < -0.3 is 4.65 Å². The predicted molar refractivity (Wildman–Crippen MR) is 96.8 cm³/mol. The first-order valence-electron chi connectivity index (χ1n) is 8.18. The van der Waals surface area contributed by atoms with E-state index in [1.807, 2.05) is 26.8 Å². The van der Waals surface area contributed by atoms with E-state index < -0.39 is 29.1 Å². The molecule has 1 fully saturated rings. The van der Waals surface area contributed by atoms with Gasteiger partial charge in [-0.3, -0.25) is 4.79 Å². The van der Waals surface area contributed by atoms with Gasteiger partial charge in [-0.15, -0.1) is 0 Å². The van der Waals surface area contributed by atoms with Gasteiger partial charge in [-0.1, -0.05) is 61.9 Å². The highest BCUT2D eigenvalue weighted by molar-refractivity contribution is 7.90. The minimum atomic E-state index is -3.89. The zero-order valence-corrected chi connectivity index (χ0v) is 15.2. The highest BCUT2D eigenvalue weighted by atomic mass is 32.2. The topological polar surface area (TPSA) is 63.7 Å². The zero-order chi connectivity index (χ0) is 18.2. The predicted octanol–water partition coefficient (Wildman–Crippen LogP) is 1.96. The number of hydrogen-bond acceptors (Lipinski definition) is 4. The number of nitrogens with zero attached hydrogens (tertiary/aromatic N) is 1. The highest BCUT2D eigenvalue weighted by Gasteiger charge is 2.54. The average molecular weight is 357 g/mol. The first-order valence-corrected chi connectivity index (χ1v) is 9.62. The van der Waals surface area contributed by atoms with Crippen molar-refractivity contribution in [2.75, 3.05) is 0 Å². The van der Waals surface area contributed by atoms with Crippen LogP contribution in [0.1, 0.15) is 19.4 Å². The van der Waals surface area contributed by atoms with Gasteiger partial charge in [0.1, 0.15) is 6.04 Å². The molecule has 1 atom stereocenters. The maximum Gasteiger partial charge on any atom is 0.502 e. The average Bonchev–Trinajstić information content (AvgIpc) is 2.94. The van der Waals surface area contributed by atoms with Gasteiger partial charge in [-0.25, -0.2) is 8.42 Å². The fourth-order valence-electron chi connectivity index (χ4n) is 2.99. The molecule has 0 aromatic heterocycles. The van der Waals surface area contributed by atoms with Crippen LogP contribution in [0.4, 0.5) is 0 Å². The Morgan fingerprint density at radius 2 is 1.64 bits per heavy atom. The number of sulfonamides is 1. The molecule has 0 N–H and O–H groups in total. The van der Waals surface area contributed by atoms with Crippen molar-refractivity contribution in [2.24, 2.45) is 5.92 Å². The van der Waals surface area contributed by atoms with Crippen molar-refractivity contribution < 1.29 is 17.9 Å². The minimum Gasteiger partial charge on any atom is -0.514 e. The molecule has 0 unspecified atom stereocenters. The molecule has 0 amide bonds. The Labute approximate surface area is 148 Å². The van der Waals surface area contributed by atoms with E-state index in [2.05, 4.69) is 0 Å². The lowest BCUT2D eigenvalue weighted by Crippen LogP contribution is -2.52. The van der Waals surface area contributed by atoms with E-state index in [4.69, 9.17) is 4.65 Å². The summed E-state index contributed by atoms with van der Waals surface area (Å²) in [5.41, 5.74) is 1.60. The van der Waals surface area contributed by atoms with Gasteiger partial charge in [-0.05, 0) is 30.4 Å². The summed E-state index contributed by atoms with van der Waals surface area (Å²) in [6, 6.07) is 14.7. The van der Waals surface area contributed by atoms with Gasteiger partial charge in [0, 0.05) is 0 Å². The van der Waals surface area contributed by atoms with Gasteiger partial charge in [-0.2, -0.15) is 4.22 Å². The SMILES string of the molecule is Cc1ccc(S(=O)(=O)N2B(c3ccccc3)OC(=O)[C@@H]2C(C)C)cc1. The molecular formula is C18H20BNO4S. The lowest BCUT2D eigenvalue weighted by Gasteiger charge is -2.25. The van der Waals surface area contributed by atoms with Crippen molar-refractivity contribution in [2.45, 2.75) is 31.7 Å². The Morgan fingerprint density at radius 1 is 1.04 bits per heavy atom. The summed E-state index contributed by atoms with van der Waals surface area (Å²) < 4.78 is 33.2. The third kappa shape index (κ3) is 3.21. The first-order chi connectivity index (χ1) is 11.8. The van der Waals surface area contributed by atoms with Gasteiger partial charge in [0.15, 0.2) is 0 Å². The molecule has 2 aromatic rings. The van der Waals surface area contributed by atoms with E-state index in [0.29, 0.717) is 5.46 Å². The Hall–Kier alpha value is -2.12. The smallest absolute Gasteiger partial charge is 0.502 e. The van der Waals surface area contributed by atoms with Gasteiger partial charge in [0.2, 0.25) is 10.0 Å². The number of rotatable bonds is 4. The van der Waals surface area contributed by atoms with Crippen LogP contribution in [-0.4, -0.2) is 31.7 Å². The normalized spacial score (nSPS) is 18.6. The highest BCUT2D eigenvalue weighted by Crippen LogP contribution is 2.29. The van der Waals surface area contributed by atoms with Crippen molar-refractivity contribution in [3.8, 4) is 0 Å². The van der Waals surface area contributed by atoms with Crippen molar-refractivity contribution in [3.05, 3.63) is 60.2 Å². The second-order valence-corrected chi connectivity index (χ2v) is 8.38. The second-order valence-electron chi connectivity index (χ2n) is 6.54. The van der Waals surface area contributed by atoms with Crippen molar-refractivity contribution in [3.63, 3.8) is 0 Å². The van der Waals surface area contributed by atoms with E-state index in [9.17, 15) is 13.2 Å². The molecule has 0 saturated carbocycles. The van der Waals surface area contributed by atoms with E-state index >= 15 is 0 Å². The Kier molecular flexibility index (Phi) is 4.71. The van der Waals surface area contributed by atoms with Crippen LogP contribution in [0.3, 0.4) is 0 Å². The maximum absolute atomic E-state index is 13.3. The quantitative estimate of drug-likeness (QED) is 0.785. The molecule has 130 valence electrons.